The van der Waals surface area contributed by atoms with Crippen molar-refractivity contribution >= 4 is 11.6 Å². The highest BCUT2D eigenvalue weighted by molar-refractivity contribution is 5.95. The van der Waals surface area contributed by atoms with Gasteiger partial charge in [0, 0.05) is 11.6 Å². The quantitative estimate of drug-likeness (QED) is 0.927. The zero-order valence-electron chi connectivity index (χ0n) is 12.3. The molecule has 1 N–H and O–H groups in total. The molecule has 2 unspecified atom stereocenters. The molecule has 1 amide bonds. The van der Waals surface area contributed by atoms with Gasteiger partial charge in [-0.15, -0.1) is 0 Å². The predicted molar refractivity (Wildman–Crippen MR) is 83.7 cm³/mol. The van der Waals surface area contributed by atoms with Crippen LogP contribution in [-0.2, 0) is 4.79 Å². The van der Waals surface area contributed by atoms with E-state index in [1.807, 2.05) is 55.5 Å². The Morgan fingerprint density at radius 3 is 2.62 bits per heavy atom. The van der Waals surface area contributed by atoms with Crippen LogP contribution in [0.3, 0.4) is 0 Å². The molecule has 2 aromatic carbocycles. The molecule has 3 nitrogen and oxygen atoms in total. The summed E-state index contributed by atoms with van der Waals surface area (Å²) >= 11 is 0. The van der Waals surface area contributed by atoms with Crippen LogP contribution >= 0.6 is 0 Å². The number of ether oxygens (including phenoxy) is 1. The molecule has 0 heterocycles. The van der Waals surface area contributed by atoms with Crippen LogP contribution in [0.25, 0.3) is 0 Å². The lowest BCUT2D eigenvalue weighted by molar-refractivity contribution is -0.117. The predicted octanol–water partition coefficient (Wildman–Crippen LogP) is 3.75. The molecule has 1 saturated carbocycles. The summed E-state index contributed by atoms with van der Waals surface area (Å²) in [5.74, 6) is 1.38. The molecule has 0 aromatic heterocycles. The minimum atomic E-state index is 0.0823. The SMILES string of the molecule is COc1ccc(C2CC2C(=O)Nc2cccc(C)c2)cc1. The van der Waals surface area contributed by atoms with Crippen LogP contribution in [0.2, 0.25) is 0 Å². The van der Waals surface area contributed by atoms with Crippen LogP contribution in [0.5, 0.6) is 5.75 Å². The largest absolute Gasteiger partial charge is 0.497 e. The minimum absolute atomic E-state index is 0.0823. The number of hydrogen-bond acceptors (Lipinski definition) is 2. The zero-order valence-corrected chi connectivity index (χ0v) is 12.3. The standard InChI is InChI=1S/C18H19NO2/c1-12-4-3-5-14(10-12)19-18(20)17-11-16(17)13-6-8-15(21-2)9-7-13/h3-10,16-17H,11H2,1-2H3,(H,19,20). The van der Waals surface area contributed by atoms with E-state index in [1.54, 1.807) is 7.11 Å². The van der Waals surface area contributed by atoms with E-state index in [0.717, 1.165) is 23.4 Å². The second-order valence-corrected chi connectivity index (χ2v) is 5.58. The first-order valence-electron chi connectivity index (χ1n) is 7.19. The molecule has 21 heavy (non-hydrogen) atoms. The Morgan fingerprint density at radius 1 is 1.19 bits per heavy atom. The number of benzene rings is 2. The van der Waals surface area contributed by atoms with Crippen LogP contribution in [0.15, 0.2) is 48.5 Å². The Bertz CT molecular complexity index is 649. The fraction of sp³-hybridized carbons (Fsp3) is 0.278. The van der Waals surface area contributed by atoms with Gasteiger partial charge in [-0.2, -0.15) is 0 Å². The van der Waals surface area contributed by atoms with E-state index in [0.29, 0.717) is 5.92 Å². The van der Waals surface area contributed by atoms with Crippen LogP contribution in [0.1, 0.15) is 23.5 Å². The second-order valence-electron chi connectivity index (χ2n) is 5.58. The lowest BCUT2D eigenvalue weighted by atomic mass is 10.1. The molecule has 0 aliphatic heterocycles. The Kier molecular flexibility index (Phi) is 3.65. The van der Waals surface area contributed by atoms with Crippen molar-refractivity contribution in [3.8, 4) is 5.75 Å². The third-order valence-electron chi connectivity index (χ3n) is 3.96. The third-order valence-corrected chi connectivity index (χ3v) is 3.96. The number of methoxy groups -OCH3 is 1. The molecule has 2 aromatic rings. The van der Waals surface area contributed by atoms with E-state index >= 15 is 0 Å². The first-order valence-corrected chi connectivity index (χ1v) is 7.19. The van der Waals surface area contributed by atoms with Gasteiger partial charge in [-0.05, 0) is 54.7 Å². The Morgan fingerprint density at radius 2 is 1.95 bits per heavy atom. The van der Waals surface area contributed by atoms with Crippen molar-refractivity contribution in [3.63, 3.8) is 0 Å². The summed E-state index contributed by atoms with van der Waals surface area (Å²) in [7, 11) is 1.66. The van der Waals surface area contributed by atoms with Crippen molar-refractivity contribution < 1.29 is 9.53 Å². The maximum atomic E-state index is 12.3. The average Bonchev–Trinajstić information content (AvgIpc) is 3.28. The summed E-state index contributed by atoms with van der Waals surface area (Å²) in [6.45, 7) is 2.02. The van der Waals surface area contributed by atoms with Crippen LogP contribution in [0, 0.1) is 12.8 Å². The summed E-state index contributed by atoms with van der Waals surface area (Å²) in [5, 5.41) is 3.00. The van der Waals surface area contributed by atoms with E-state index in [1.165, 1.54) is 5.56 Å². The molecule has 0 bridgehead atoms. The number of rotatable bonds is 4. The van der Waals surface area contributed by atoms with Crippen molar-refractivity contribution in [1.82, 2.24) is 0 Å². The first-order chi connectivity index (χ1) is 10.2. The van der Waals surface area contributed by atoms with Gasteiger partial charge < -0.3 is 10.1 Å². The highest BCUT2D eigenvalue weighted by atomic mass is 16.5. The molecular formula is C18H19NO2. The maximum Gasteiger partial charge on any atom is 0.228 e. The monoisotopic (exact) mass is 281 g/mol. The Hall–Kier alpha value is -2.29. The fourth-order valence-corrected chi connectivity index (χ4v) is 2.66. The molecule has 3 heteroatoms. The van der Waals surface area contributed by atoms with Crippen molar-refractivity contribution in [2.45, 2.75) is 19.3 Å². The van der Waals surface area contributed by atoms with Gasteiger partial charge in [0.1, 0.15) is 5.75 Å². The number of anilines is 1. The van der Waals surface area contributed by atoms with Crippen LogP contribution in [-0.4, -0.2) is 13.0 Å². The van der Waals surface area contributed by atoms with Gasteiger partial charge in [-0.1, -0.05) is 24.3 Å². The minimum Gasteiger partial charge on any atom is -0.497 e. The van der Waals surface area contributed by atoms with Crippen molar-refractivity contribution in [2.24, 2.45) is 5.92 Å². The number of nitrogens with one attached hydrogen (secondary N) is 1. The number of aryl methyl sites for hydroxylation is 1. The van der Waals surface area contributed by atoms with Gasteiger partial charge in [-0.3, -0.25) is 4.79 Å². The molecule has 3 rings (SSSR count). The second kappa shape index (κ2) is 5.60. The number of amides is 1. The maximum absolute atomic E-state index is 12.3. The van der Waals surface area contributed by atoms with Gasteiger partial charge in [-0.25, -0.2) is 0 Å². The van der Waals surface area contributed by atoms with E-state index in [-0.39, 0.29) is 11.8 Å². The van der Waals surface area contributed by atoms with Crippen molar-refractivity contribution in [2.75, 3.05) is 12.4 Å². The lowest BCUT2D eigenvalue weighted by Crippen LogP contribution is -2.14. The molecule has 1 fully saturated rings. The Labute approximate surface area is 124 Å². The number of carbonyl (C=O) groups is 1. The molecule has 1 aliphatic rings. The summed E-state index contributed by atoms with van der Waals surface area (Å²) < 4.78 is 5.15. The number of hydrogen-bond donors (Lipinski definition) is 1. The lowest BCUT2D eigenvalue weighted by Gasteiger charge is -2.06. The average molecular weight is 281 g/mol. The van der Waals surface area contributed by atoms with E-state index in [2.05, 4.69) is 5.32 Å². The van der Waals surface area contributed by atoms with Crippen LogP contribution < -0.4 is 10.1 Å². The first kappa shape index (κ1) is 13.7. The number of carbonyl (C=O) groups excluding carboxylic acids is 1. The van der Waals surface area contributed by atoms with Gasteiger partial charge in [0.2, 0.25) is 5.91 Å². The molecule has 0 radical (unpaired) electrons. The van der Waals surface area contributed by atoms with E-state index in [4.69, 9.17) is 4.74 Å². The third kappa shape index (κ3) is 3.07. The molecule has 0 saturated heterocycles. The van der Waals surface area contributed by atoms with E-state index in [9.17, 15) is 4.79 Å². The molecule has 108 valence electrons. The van der Waals surface area contributed by atoms with Gasteiger partial charge in [0.05, 0.1) is 7.11 Å². The molecule has 1 aliphatic carbocycles. The van der Waals surface area contributed by atoms with Gasteiger partial charge in [0.25, 0.3) is 0 Å². The van der Waals surface area contributed by atoms with E-state index < -0.39 is 0 Å². The van der Waals surface area contributed by atoms with Gasteiger partial charge >= 0.3 is 0 Å². The molecular weight excluding hydrogens is 262 g/mol. The van der Waals surface area contributed by atoms with Crippen molar-refractivity contribution in [1.29, 1.82) is 0 Å². The van der Waals surface area contributed by atoms with Gasteiger partial charge in [0.15, 0.2) is 0 Å². The normalized spacial score (nSPS) is 19.9. The molecule has 2 atom stereocenters. The summed E-state index contributed by atoms with van der Waals surface area (Å²) in [6.07, 6.45) is 0.921. The highest BCUT2D eigenvalue weighted by Crippen LogP contribution is 2.48. The summed E-state index contributed by atoms with van der Waals surface area (Å²) in [5.41, 5.74) is 3.23. The van der Waals surface area contributed by atoms with Crippen molar-refractivity contribution in [3.05, 3.63) is 59.7 Å². The summed E-state index contributed by atoms with van der Waals surface area (Å²) in [4.78, 5) is 12.3. The summed E-state index contributed by atoms with van der Waals surface area (Å²) in [6, 6.07) is 15.9. The topological polar surface area (TPSA) is 38.3 Å². The Balaban J connectivity index is 1.62. The van der Waals surface area contributed by atoms with Crippen LogP contribution in [0.4, 0.5) is 5.69 Å². The smallest absolute Gasteiger partial charge is 0.228 e. The highest BCUT2D eigenvalue weighted by Gasteiger charge is 2.43. The molecule has 0 spiro atoms. The fourth-order valence-electron chi connectivity index (χ4n) is 2.66. The zero-order chi connectivity index (χ0) is 14.8.